The molecule has 1 unspecified atom stereocenters. The van der Waals surface area contributed by atoms with Gasteiger partial charge in [0.15, 0.2) is 0 Å². The van der Waals surface area contributed by atoms with Crippen molar-refractivity contribution in [3.63, 3.8) is 0 Å². The molecule has 0 aromatic carbocycles. The Labute approximate surface area is 108 Å². The van der Waals surface area contributed by atoms with Gasteiger partial charge in [0.05, 0.1) is 6.10 Å². The van der Waals surface area contributed by atoms with Gasteiger partial charge in [0.2, 0.25) is 0 Å². The highest BCUT2D eigenvalue weighted by atomic mass is 16.5. The monoisotopic (exact) mass is 240 g/mol. The fourth-order valence-electron chi connectivity index (χ4n) is 3.75. The number of ether oxygens (including phenoxy) is 1. The van der Waals surface area contributed by atoms with E-state index in [4.69, 9.17) is 4.74 Å². The minimum atomic E-state index is 0.442. The van der Waals surface area contributed by atoms with Crippen molar-refractivity contribution in [2.24, 2.45) is 29.6 Å². The van der Waals surface area contributed by atoms with E-state index in [9.17, 15) is 0 Å². The molecule has 0 radical (unpaired) electrons. The molecule has 0 amide bonds. The quantitative estimate of drug-likeness (QED) is 0.673. The molecular formula is C16H32O. The van der Waals surface area contributed by atoms with Gasteiger partial charge in [-0.3, -0.25) is 0 Å². The minimum absolute atomic E-state index is 0.442. The Hall–Kier alpha value is -0.0400. The first-order valence-corrected chi connectivity index (χ1v) is 7.54. The Bertz CT molecular complexity index is 214. The van der Waals surface area contributed by atoms with Crippen LogP contribution in [0, 0.1) is 29.6 Å². The van der Waals surface area contributed by atoms with Crippen LogP contribution in [0.1, 0.15) is 60.3 Å². The predicted octanol–water partition coefficient (Wildman–Crippen LogP) is 4.76. The molecule has 0 aliphatic heterocycles. The van der Waals surface area contributed by atoms with E-state index < -0.39 is 0 Å². The molecule has 0 saturated heterocycles. The van der Waals surface area contributed by atoms with Gasteiger partial charge in [0.1, 0.15) is 0 Å². The van der Waals surface area contributed by atoms with Gasteiger partial charge < -0.3 is 4.74 Å². The highest BCUT2D eigenvalue weighted by molar-refractivity contribution is 4.84. The van der Waals surface area contributed by atoms with Gasteiger partial charge in [-0.15, -0.1) is 0 Å². The van der Waals surface area contributed by atoms with Crippen molar-refractivity contribution in [3.05, 3.63) is 0 Å². The maximum atomic E-state index is 5.80. The van der Waals surface area contributed by atoms with Gasteiger partial charge in [-0.2, -0.15) is 0 Å². The third-order valence-electron chi connectivity index (χ3n) is 5.19. The average Bonchev–Trinajstić information content (AvgIpc) is 2.32. The molecule has 0 spiro atoms. The van der Waals surface area contributed by atoms with Crippen LogP contribution in [0.2, 0.25) is 0 Å². The molecule has 0 N–H and O–H groups in total. The summed E-state index contributed by atoms with van der Waals surface area (Å²) in [5.41, 5.74) is 0. The Morgan fingerprint density at radius 3 is 2.35 bits per heavy atom. The minimum Gasteiger partial charge on any atom is -0.381 e. The van der Waals surface area contributed by atoms with E-state index in [-0.39, 0.29) is 0 Å². The summed E-state index contributed by atoms with van der Waals surface area (Å²) < 4.78 is 5.80. The molecule has 0 aromatic rings. The zero-order valence-corrected chi connectivity index (χ0v) is 12.7. The lowest BCUT2D eigenvalue weighted by molar-refractivity contribution is -0.0263. The first kappa shape index (κ1) is 15.0. The summed E-state index contributed by atoms with van der Waals surface area (Å²) in [5.74, 6) is 4.03. The maximum Gasteiger partial charge on any atom is 0.0624 e. The van der Waals surface area contributed by atoms with Gasteiger partial charge in [0, 0.05) is 7.11 Å². The topological polar surface area (TPSA) is 9.23 Å². The van der Waals surface area contributed by atoms with Crippen LogP contribution >= 0.6 is 0 Å². The number of methoxy groups -OCH3 is 1. The molecule has 0 aromatic heterocycles. The van der Waals surface area contributed by atoms with Crippen LogP contribution in [0.4, 0.5) is 0 Å². The summed E-state index contributed by atoms with van der Waals surface area (Å²) in [6.07, 6.45) is 5.90. The fourth-order valence-corrected chi connectivity index (χ4v) is 3.75. The highest BCUT2D eigenvalue weighted by Crippen LogP contribution is 2.40. The van der Waals surface area contributed by atoms with E-state index in [2.05, 4.69) is 34.6 Å². The standard InChI is InChI=1S/C16H32O/c1-7-12(3)16(17-6)14(5)15-10-11(2)8-9-13(15)4/h11-16H,7-10H2,1-6H3/t11-,12-,13-,14+,15-,16?/m0/s1. The van der Waals surface area contributed by atoms with E-state index in [1.165, 1.54) is 25.7 Å². The molecule has 6 atom stereocenters. The Kier molecular flexibility index (Phi) is 5.99. The van der Waals surface area contributed by atoms with Crippen molar-refractivity contribution in [1.82, 2.24) is 0 Å². The zero-order chi connectivity index (χ0) is 13.0. The predicted molar refractivity (Wildman–Crippen MR) is 75.1 cm³/mol. The molecule has 1 aliphatic carbocycles. The fraction of sp³-hybridized carbons (Fsp3) is 1.00. The Morgan fingerprint density at radius 2 is 1.82 bits per heavy atom. The van der Waals surface area contributed by atoms with E-state index in [0.29, 0.717) is 17.9 Å². The lowest BCUT2D eigenvalue weighted by atomic mass is 9.67. The summed E-state index contributed by atoms with van der Waals surface area (Å²) in [4.78, 5) is 0. The lowest BCUT2D eigenvalue weighted by Gasteiger charge is -2.41. The summed E-state index contributed by atoms with van der Waals surface area (Å²) >= 11 is 0. The van der Waals surface area contributed by atoms with Crippen molar-refractivity contribution < 1.29 is 4.74 Å². The van der Waals surface area contributed by atoms with Crippen molar-refractivity contribution in [3.8, 4) is 0 Å². The number of hydrogen-bond donors (Lipinski definition) is 0. The number of rotatable bonds is 5. The summed E-state index contributed by atoms with van der Waals surface area (Å²) in [6, 6.07) is 0. The Balaban J connectivity index is 2.67. The van der Waals surface area contributed by atoms with E-state index >= 15 is 0 Å². The second kappa shape index (κ2) is 6.78. The van der Waals surface area contributed by atoms with Crippen LogP contribution in [0.25, 0.3) is 0 Å². The number of hydrogen-bond acceptors (Lipinski definition) is 1. The van der Waals surface area contributed by atoms with Crippen LogP contribution in [0.15, 0.2) is 0 Å². The lowest BCUT2D eigenvalue weighted by Crippen LogP contribution is -2.37. The normalized spacial score (nSPS) is 35.3. The van der Waals surface area contributed by atoms with Gasteiger partial charge in [-0.05, 0) is 36.0 Å². The molecule has 17 heavy (non-hydrogen) atoms. The molecule has 1 heteroatoms. The summed E-state index contributed by atoms with van der Waals surface area (Å²) in [6.45, 7) is 11.9. The molecule has 102 valence electrons. The van der Waals surface area contributed by atoms with Gasteiger partial charge in [-0.25, -0.2) is 0 Å². The molecule has 1 nitrogen and oxygen atoms in total. The van der Waals surface area contributed by atoms with Crippen molar-refractivity contribution >= 4 is 0 Å². The zero-order valence-electron chi connectivity index (χ0n) is 12.7. The van der Waals surface area contributed by atoms with Crippen LogP contribution in [0.5, 0.6) is 0 Å². The molecule has 1 rings (SSSR count). The molecule has 0 heterocycles. The molecule has 0 bridgehead atoms. The van der Waals surface area contributed by atoms with Crippen molar-refractivity contribution in [2.75, 3.05) is 7.11 Å². The van der Waals surface area contributed by atoms with Crippen LogP contribution in [-0.4, -0.2) is 13.2 Å². The van der Waals surface area contributed by atoms with Crippen LogP contribution in [0.3, 0.4) is 0 Å². The third-order valence-corrected chi connectivity index (χ3v) is 5.19. The average molecular weight is 240 g/mol. The smallest absolute Gasteiger partial charge is 0.0624 e. The first-order valence-electron chi connectivity index (χ1n) is 7.54. The SMILES string of the molecule is CC[C@H](C)C(OC)[C@H](C)[C@H]1C[C@@H](C)CC[C@@H]1C. The summed E-state index contributed by atoms with van der Waals surface area (Å²) in [5, 5.41) is 0. The highest BCUT2D eigenvalue weighted by Gasteiger charge is 2.35. The van der Waals surface area contributed by atoms with Crippen molar-refractivity contribution in [1.29, 1.82) is 0 Å². The van der Waals surface area contributed by atoms with Gasteiger partial charge in [0.25, 0.3) is 0 Å². The maximum absolute atomic E-state index is 5.80. The molecular weight excluding hydrogens is 208 g/mol. The summed E-state index contributed by atoms with van der Waals surface area (Å²) in [7, 11) is 1.89. The first-order chi connectivity index (χ1) is 8.01. The second-order valence-electron chi connectivity index (χ2n) is 6.50. The largest absolute Gasteiger partial charge is 0.381 e. The molecule has 1 saturated carbocycles. The van der Waals surface area contributed by atoms with Gasteiger partial charge in [-0.1, -0.05) is 53.9 Å². The molecule has 1 fully saturated rings. The third kappa shape index (κ3) is 3.71. The van der Waals surface area contributed by atoms with Crippen molar-refractivity contribution in [2.45, 2.75) is 66.4 Å². The van der Waals surface area contributed by atoms with Gasteiger partial charge >= 0.3 is 0 Å². The van der Waals surface area contributed by atoms with Crippen LogP contribution in [-0.2, 0) is 4.74 Å². The van der Waals surface area contributed by atoms with E-state index in [0.717, 1.165) is 17.8 Å². The second-order valence-corrected chi connectivity index (χ2v) is 6.50. The van der Waals surface area contributed by atoms with E-state index in [1.807, 2.05) is 7.11 Å². The Morgan fingerprint density at radius 1 is 1.18 bits per heavy atom. The molecule has 1 aliphatic rings. The van der Waals surface area contributed by atoms with Crippen LogP contribution < -0.4 is 0 Å². The van der Waals surface area contributed by atoms with E-state index in [1.54, 1.807) is 0 Å².